The van der Waals surface area contributed by atoms with E-state index in [4.69, 9.17) is 5.84 Å². The zero-order chi connectivity index (χ0) is 15.4. The molecule has 10 heteroatoms. The number of imidazole rings is 1. The number of fused-ring (bicyclic) bond motifs is 1. The smallest absolute Gasteiger partial charge is 0.339 e. The maximum absolute atomic E-state index is 12.8. The number of hydrogen-bond donors (Lipinski definition) is 1. The molecule has 0 aromatic carbocycles. The Balaban J connectivity index is 2.63. The average molecular weight is 296 g/mol. The lowest BCUT2D eigenvalue weighted by Crippen LogP contribution is -2.08. The third-order valence-electron chi connectivity index (χ3n) is 2.48. The Hall–Kier alpha value is -2.91. The van der Waals surface area contributed by atoms with E-state index in [1.54, 1.807) is 0 Å². The summed E-state index contributed by atoms with van der Waals surface area (Å²) in [7, 11) is 1.20. The first-order chi connectivity index (χ1) is 10.1. The number of nitrogens with two attached hydrogens (primary N) is 1. The average Bonchev–Trinajstić information content (AvgIpc) is 2.94. The first kappa shape index (κ1) is 14.5. The Bertz CT molecular complexity index is 725. The molecule has 0 aliphatic rings. The Labute approximate surface area is 116 Å². The lowest BCUT2D eigenvalue weighted by molar-refractivity contribution is 0.0600. The summed E-state index contributed by atoms with van der Waals surface area (Å²) in [5.41, 5.74) is 0.415. The molecule has 2 aromatic rings. The molecule has 2 heterocycles. The number of carbonyl (C=O) groups is 1. The fraction of sp³-hybridized carbons (Fsp3) is 0.182. The molecule has 0 amide bonds. The highest BCUT2D eigenvalue weighted by atomic mass is 19.3. The molecule has 0 saturated heterocycles. The van der Waals surface area contributed by atoms with E-state index in [0.29, 0.717) is 0 Å². The van der Waals surface area contributed by atoms with E-state index in [1.807, 2.05) is 0 Å². The van der Waals surface area contributed by atoms with Crippen LogP contribution in [0, 0.1) is 0 Å². The maximum atomic E-state index is 12.8. The van der Waals surface area contributed by atoms with Crippen molar-refractivity contribution in [3.63, 3.8) is 0 Å². The zero-order valence-corrected chi connectivity index (χ0v) is 10.8. The highest BCUT2D eigenvalue weighted by Gasteiger charge is 2.16. The summed E-state index contributed by atoms with van der Waals surface area (Å²) in [6.45, 7) is 0. The third kappa shape index (κ3) is 2.99. The minimum Gasteiger partial charge on any atom is -0.465 e. The standard InChI is InChI=1S/C11H10F2N6O2/c1-21-11(20)6-4-7(10-15-2-3-19(10)5-6)16-9(8(12)13)17-18-14/h2-5,8H,1H3,(H2,14,16,17). The van der Waals surface area contributed by atoms with Gasteiger partial charge in [-0.15, -0.1) is 5.11 Å². The second-order valence-corrected chi connectivity index (χ2v) is 3.75. The molecule has 0 aliphatic heterocycles. The molecule has 0 saturated carbocycles. The van der Waals surface area contributed by atoms with Gasteiger partial charge in [-0.05, 0) is 6.07 Å². The summed E-state index contributed by atoms with van der Waals surface area (Å²) < 4.78 is 31.6. The number of halogens is 2. The summed E-state index contributed by atoms with van der Waals surface area (Å²) in [5, 5.41) is 5.84. The van der Waals surface area contributed by atoms with Crippen LogP contribution in [-0.2, 0) is 4.74 Å². The maximum Gasteiger partial charge on any atom is 0.339 e. The molecule has 0 radical (unpaired) electrons. The Kier molecular flexibility index (Phi) is 4.16. The molecule has 2 N–H and O–H groups in total. The predicted molar refractivity (Wildman–Crippen MR) is 68.7 cm³/mol. The van der Waals surface area contributed by atoms with Crippen molar-refractivity contribution < 1.29 is 18.3 Å². The number of aromatic nitrogens is 2. The van der Waals surface area contributed by atoms with E-state index in [0.717, 1.165) is 0 Å². The van der Waals surface area contributed by atoms with E-state index in [-0.39, 0.29) is 16.9 Å². The number of amidine groups is 1. The van der Waals surface area contributed by atoms with Gasteiger partial charge in [0.2, 0.25) is 5.84 Å². The van der Waals surface area contributed by atoms with Gasteiger partial charge in [0.25, 0.3) is 6.43 Å². The monoisotopic (exact) mass is 296 g/mol. The second kappa shape index (κ2) is 6.03. The number of methoxy groups -OCH3 is 1. The predicted octanol–water partition coefficient (Wildman–Crippen LogP) is 1.74. The molecular formula is C11H10F2N6O2. The second-order valence-electron chi connectivity index (χ2n) is 3.75. The third-order valence-corrected chi connectivity index (χ3v) is 2.48. The molecule has 0 spiro atoms. The van der Waals surface area contributed by atoms with Gasteiger partial charge in [0, 0.05) is 18.6 Å². The van der Waals surface area contributed by atoms with Gasteiger partial charge in [-0.2, -0.15) is 0 Å². The highest BCUT2D eigenvalue weighted by Crippen LogP contribution is 2.23. The molecule has 0 fully saturated rings. The first-order valence-electron chi connectivity index (χ1n) is 5.59. The van der Waals surface area contributed by atoms with Gasteiger partial charge in [-0.3, -0.25) is 0 Å². The number of aliphatic imine (C=N–C) groups is 1. The minimum absolute atomic E-state index is 0.0191. The van der Waals surface area contributed by atoms with Crippen LogP contribution in [0.1, 0.15) is 10.4 Å². The molecule has 8 nitrogen and oxygen atoms in total. The van der Waals surface area contributed by atoms with Gasteiger partial charge in [-0.1, -0.05) is 5.22 Å². The van der Waals surface area contributed by atoms with Crippen LogP contribution in [-0.4, -0.2) is 34.7 Å². The van der Waals surface area contributed by atoms with Gasteiger partial charge in [-0.25, -0.2) is 23.6 Å². The topological polar surface area (TPSA) is 107 Å². The molecule has 2 aromatic heterocycles. The number of pyridine rings is 1. The number of ether oxygens (including phenoxy) is 1. The van der Waals surface area contributed by atoms with Crippen molar-refractivity contribution in [2.24, 2.45) is 21.2 Å². The number of esters is 1. The molecule has 0 aliphatic carbocycles. The number of alkyl halides is 2. The summed E-state index contributed by atoms with van der Waals surface area (Å²) in [5.74, 6) is 3.24. The molecule has 21 heavy (non-hydrogen) atoms. The molecule has 110 valence electrons. The SMILES string of the molecule is COC(=O)c1cc(N=C(N=NN)C(F)F)c2nccn2c1. The van der Waals surface area contributed by atoms with Gasteiger partial charge >= 0.3 is 5.97 Å². The van der Waals surface area contributed by atoms with Gasteiger partial charge in [0.1, 0.15) is 5.69 Å². The summed E-state index contributed by atoms with van der Waals surface area (Å²) in [6, 6.07) is 1.27. The van der Waals surface area contributed by atoms with Gasteiger partial charge < -0.3 is 15.0 Å². The van der Waals surface area contributed by atoms with Crippen LogP contribution >= 0.6 is 0 Å². The Morgan fingerprint density at radius 2 is 2.29 bits per heavy atom. The van der Waals surface area contributed by atoms with Crippen molar-refractivity contribution in [3.05, 3.63) is 30.2 Å². The molecule has 2 rings (SSSR count). The van der Waals surface area contributed by atoms with Crippen LogP contribution in [0.3, 0.4) is 0 Å². The van der Waals surface area contributed by atoms with Crippen LogP contribution in [0.2, 0.25) is 0 Å². The van der Waals surface area contributed by atoms with Crippen LogP contribution in [0.4, 0.5) is 14.5 Å². The van der Waals surface area contributed by atoms with Crippen molar-refractivity contribution in [1.29, 1.82) is 0 Å². The van der Waals surface area contributed by atoms with Crippen molar-refractivity contribution in [3.8, 4) is 0 Å². The fourth-order valence-corrected chi connectivity index (χ4v) is 1.62. The Morgan fingerprint density at radius 3 is 2.90 bits per heavy atom. The van der Waals surface area contributed by atoms with Crippen LogP contribution in [0.15, 0.2) is 40.0 Å². The van der Waals surface area contributed by atoms with Gasteiger partial charge in [0.05, 0.1) is 12.7 Å². The summed E-state index contributed by atoms with van der Waals surface area (Å²) in [4.78, 5) is 19.2. The quantitative estimate of drug-likeness (QED) is 0.232. The summed E-state index contributed by atoms with van der Waals surface area (Å²) >= 11 is 0. The molecule has 0 atom stereocenters. The van der Waals surface area contributed by atoms with Crippen LogP contribution < -0.4 is 5.84 Å². The van der Waals surface area contributed by atoms with E-state index < -0.39 is 18.2 Å². The lowest BCUT2D eigenvalue weighted by Gasteiger charge is -2.04. The van der Waals surface area contributed by atoms with Gasteiger partial charge in [0.15, 0.2) is 5.65 Å². The largest absolute Gasteiger partial charge is 0.465 e. The van der Waals surface area contributed by atoms with Crippen molar-refractivity contribution in [2.75, 3.05) is 7.11 Å². The fourth-order valence-electron chi connectivity index (χ4n) is 1.62. The number of hydrogen-bond acceptors (Lipinski definition) is 5. The van der Waals surface area contributed by atoms with Crippen molar-refractivity contribution >= 4 is 23.1 Å². The zero-order valence-electron chi connectivity index (χ0n) is 10.8. The highest BCUT2D eigenvalue weighted by molar-refractivity contribution is 5.93. The van der Waals surface area contributed by atoms with E-state index in [2.05, 4.69) is 25.1 Å². The molecular weight excluding hydrogens is 286 g/mol. The summed E-state index contributed by atoms with van der Waals surface area (Å²) in [6.07, 6.45) is 1.43. The van der Waals surface area contributed by atoms with E-state index in [1.165, 1.54) is 36.2 Å². The molecule has 0 bridgehead atoms. The van der Waals surface area contributed by atoms with Crippen LogP contribution in [0.25, 0.3) is 5.65 Å². The Morgan fingerprint density at radius 1 is 1.52 bits per heavy atom. The van der Waals surface area contributed by atoms with Crippen LogP contribution in [0.5, 0.6) is 0 Å². The van der Waals surface area contributed by atoms with E-state index >= 15 is 0 Å². The first-order valence-corrected chi connectivity index (χ1v) is 5.59. The van der Waals surface area contributed by atoms with E-state index in [9.17, 15) is 13.6 Å². The normalized spacial score (nSPS) is 12.5. The molecule has 0 unspecified atom stereocenters. The lowest BCUT2D eigenvalue weighted by atomic mass is 10.2. The van der Waals surface area contributed by atoms with Crippen molar-refractivity contribution in [1.82, 2.24) is 9.38 Å². The minimum atomic E-state index is -2.98. The number of nitrogens with zero attached hydrogens (tertiary/aromatic N) is 5. The number of carbonyl (C=O) groups excluding carboxylic acids is 1. The van der Waals surface area contributed by atoms with Crippen molar-refractivity contribution in [2.45, 2.75) is 6.43 Å². The number of rotatable bonds is 3.